The molecule has 0 aromatic heterocycles. The molecule has 2 aromatic rings. The van der Waals surface area contributed by atoms with Crippen LogP contribution in [0.4, 0.5) is 11.4 Å². The number of hydrogen-bond acceptors (Lipinski definition) is 1. The van der Waals surface area contributed by atoms with E-state index in [1.165, 1.54) is 28.1 Å². The monoisotopic (exact) mass is 317 g/mol. The van der Waals surface area contributed by atoms with Gasteiger partial charge in [-0.2, -0.15) is 0 Å². The van der Waals surface area contributed by atoms with Gasteiger partial charge in [-0.3, -0.25) is 0 Å². The topological polar surface area (TPSA) is 3.24 Å². The first-order valence-electron chi connectivity index (χ1n) is 6.65. The average Bonchev–Trinajstić information content (AvgIpc) is 2.43. The number of hydrogen-bond donors (Lipinski definition) is 0. The molecule has 1 nitrogen and oxygen atoms in total. The van der Waals surface area contributed by atoms with Crippen LogP contribution in [-0.2, 0) is 5.33 Å². The molecule has 0 aliphatic rings. The number of rotatable bonds is 4. The minimum atomic E-state index is 0.908. The highest BCUT2D eigenvalue weighted by atomic mass is 79.9. The van der Waals surface area contributed by atoms with E-state index in [0.717, 1.165) is 11.9 Å². The Balaban J connectivity index is 2.39. The summed E-state index contributed by atoms with van der Waals surface area (Å²) >= 11 is 3.51. The van der Waals surface area contributed by atoms with Gasteiger partial charge in [-0.15, -0.1) is 0 Å². The van der Waals surface area contributed by atoms with Crippen LogP contribution in [0.15, 0.2) is 42.5 Å². The molecular formula is C17H20BrN. The van der Waals surface area contributed by atoms with E-state index in [1.807, 2.05) is 0 Å². The third-order valence-electron chi connectivity index (χ3n) is 3.37. The molecule has 2 aromatic carbocycles. The van der Waals surface area contributed by atoms with Crippen LogP contribution in [0.1, 0.15) is 23.6 Å². The van der Waals surface area contributed by atoms with Crippen molar-refractivity contribution in [1.82, 2.24) is 0 Å². The second kappa shape index (κ2) is 6.25. The maximum atomic E-state index is 3.51. The van der Waals surface area contributed by atoms with E-state index in [4.69, 9.17) is 0 Å². The average molecular weight is 318 g/mol. The fourth-order valence-corrected chi connectivity index (χ4v) is 2.67. The van der Waals surface area contributed by atoms with Gasteiger partial charge in [0, 0.05) is 23.2 Å². The summed E-state index contributed by atoms with van der Waals surface area (Å²) in [6, 6.07) is 15.4. The summed E-state index contributed by atoms with van der Waals surface area (Å²) < 4.78 is 0. The molecule has 0 radical (unpaired) electrons. The Morgan fingerprint density at radius 3 is 2.21 bits per heavy atom. The molecule has 0 saturated carbocycles. The predicted octanol–water partition coefficient (Wildman–Crippen LogP) is 5.36. The SMILES string of the molecule is CCN(c1ccc(C)cc1)c1ccc(CBr)cc1C. The Kier molecular flexibility index (Phi) is 4.65. The van der Waals surface area contributed by atoms with Crippen LogP contribution in [-0.4, -0.2) is 6.54 Å². The highest BCUT2D eigenvalue weighted by Crippen LogP contribution is 2.29. The van der Waals surface area contributed by atoms with Crippen molar-refractivity contribution in [2.45, 2.75) is 26.1 Å². The van der Waals surface area contributed by atoms with Crippen molar-refractivity contribution in [3.05, 3.63) is 59.2 Å². The first kappa shape index (κ1) is 14.1. The van der Waals surface area contributed by atoms with E-state index in [9.17, 15) is 0 Å². The van der Waals surface area contributed by atoms with E-state index < -0.39 is 0 Å². The molecule has 0 N–H and O–H groups in total. The fraction of sp³-hybridized carbons (Fsp3) is 0.294. The summed E-state index contributed by atoms with van der Waals surface area (Å²) in [6.07, 6.45) is 0. The molecule has 0 fully saturated rings. The number of halogens is 1. The van der Waals surface area contributed by atoms with E-state index in [0.29, 0.717) is 0 Å². The van der Waals surface area contributed by atoms with Crippen LogP contribution in [0.2, 0.25) is 0 Å². The van der Waals surface area contributed by atoms with Crippen molar-refractivity contribution in [1.29, 1.82) is 0 Å². The standard InChI is InChI=1S/C17H20BrN/c1-4-19(16-8-5-13(2)6-9-16)17-10-7-15(12-18)11-14(17)3/h5-11H,4,12H2,1-3H3. The molecule has 0 aliphatic heterocycles. The molecule has 0 unspecified atom stereocenters. The number of nitrogens with zero attached hydrogens (tertiary/aromatic N) is 1. The molecule has 19 heavy (non-hydrogen) atoms. The molecule has 2 rings (SSSR count). The van der Waals surface area contributed by atoms with Gasteiger partial charge in [0.25, 0.3) is 0 Å². The second-order valence-corrected chi connectivity index (χ2v) is 5.40. The van der Waals surface area contributed by atoms with Crippen molar-refractivity contribution in [3.63, 3.8) is 0 Å². The number of anilines is 2. The molecule has 0 heterocycles. The van der Waals surface area contributed by atoms with Gasteiger partial charge in [0.05, 0.1) is 0 Å². The Morgan fingerprint density at radius 2 is 1.68 bits per heavy atom. The minimum absolute atomic E-state index is 0.908. The van der Waals surface area contributed by atoms with Crippen LogP contribution < -0.4 is 4.90 Å². The summed E-state index contributed by atoms with van der Waals surface area (Å²) in [6.45, 7) is 7.46. The number of alkyl halides is 1. The van der Waals surface area contributed by atoms with Gasteiger partial charge in [-0.1, -0.05) is 45.8 Å². The summed E-state index contributed by atoms with van der Waals surface area (Å²) in [5.41, 5.74) is 6.48. The van der Waals surface area contributed by atoms with Gasteiger partial charge >= 0.3 is 0 Å². The predicted molar refractivity (Wildman–Crippen MR) is 87.7 cm³/mol. The Bertz CT molecular complexity index is 546. The normalized spacial score (nSPS) is 10.5. The molecule has 0 aliphatic carbocycles. The molecule has 0 atom stereocenters. The Hall–Kier alpha value is -1.28. The van der Waals surface area contributed by atoms with Gasteiger partial charge in [-0.25, -0.2) is 0 Å². The summed E-state index contributed by atoms with van der Waals surface area (Å²) in [7, 11) is 0. The highest BCUT2D eigenvalue weighted by molar-refractivity contribution is 9.08. The largest absolute Gasteiger partial charge is 0.342 e. The third kappa shape index (κ3) is 3.19. The minimum Gasteiger partial charge on any atom is -0.342 e. The smallest absolute Gasteiger partial charge is 0.0440 e. The molecule has 0 saturated heterocycles. The molecule has 0 bridgehead atoms. The number of aryl methyl sites for hydroxylation is 2. The maximum Gasteiger partial charge on any atom is 0.0440 e. The summed E-state index contributed by atoms with van der Waals surface area (Å²) in [5, 5.41) is 0.908. The third-order valence-corrected chi connectivity index (χ3v) is 4.02. The zero-order valence-corrected chi connectivity index (χ0v) is 13.4. The van der Waals surface area contributed by atoms with Crippen molar-refractivity contribution in [2.75, 3.05) is 11.4 Å². The van der Waals surface area contributed by atoms with Crippen molar-refractivity contribution < 1.29 is 0 Å². The maximum absolute atomic E-state index is 3.51. The highest BCUT2D eigenvalue weighted by Gasteiger charge is 2.09. The zero-order chi connectivity index (χ0) is 13.8. The van der Waals surface area contributed by atoms with Gasteiger partial charge in [0.15, 0.2) is 0 Å². The fourth-order valence-electron chi connectivity index (χ4n) is 2.32. The Morgan fingerprint density at radius 1 is 1.00 bits per heavy atom. The molecule has 0 amide bonds. The summed E-state index contributed by atoms with van der Waals surface area (Å²) in [5.74, 6) is 0. The lowest BCUT2D eigenvalue weighted by Gasteiger charge is -2.25. The molecule has 0 spiro atoms. The lowest BCUT2D eigenvalue weighted by atomic mass is 10.1. The summed E-state index contributed by atoms with van der Waals surface area (Å²) in [4.78, 5) is 2.35. The first-order valence-corrected chi connectivity index (χ1v) is 7.77. The van der Waals surface area contributed by atoms with Crippen molar-refractivity contribution in [3.8, 4) is 0 Å². The van der Waals surface area contributed by atoms with E-state index in [1.54, 1.807) is 0 Å². The second-order valence-electron chi connectivity index (χ2n) is 4.83. The van der Waals surface area contributed by atoms with Crippen LogP contribution in [0.25, 0.3) is 0 Å². The van der Waals surface area contributed by atoms with Crippen LogP contribution in [0, 0.1) is 13.8 Å². The first-order chi connectivity index (χ1) is 9.15. The Labute approximate surface area is 124 Å². The van der Waals surface area contributed by atoms with Gasteiger partial charge in [0.2, 0.25) is 0 Å². The van der Waals surface area contributed by atoms with Crippen molar-refractivity contribution in [2.24, 2.45) is 0 Å². The molecule has 100 valence electrons. The van der Waals surface area contributed by atoms with E-state index in [2.05, 4.69) is 84.1 Å². The van der Waals surface area contributed by atoms with Crippen LogP contribution in [0.3, 0.4) is 0 Å². The molecular weight excluding hydrogens is 298 g/mol. The lowest BCUT2D eigenvalue weighted by Crippen LogP contribution is -2.17. The van der Waals surface area contributed by atoms with E-state index >= 15 is 0 Å². The molecule has 2 heteroatoms. The van der Waals surface area contributed by atoms with Crippen molar-refractivity contribution >= 4 is 27.3 Å². The van der Waals surface area contributed by atoms with Gasteiger partial charge in [-0.05, 0) is 50.1 Å². The van der Waals surface area contributed by atoms with Gasteiger partial charge < -0.3 is 4.90 Å². The zero-order valence-electron chi connectivity index (χ0n) is 11.8. The van der Waals surface area contributed by atoms with E-state index in [-0.39, 0.29) is 0 Å². The quantitative estimate of drug-likeness (QED) is 0.686. The van der Waals surface area contributed by atoms with Crippen LogP contribution in [0.5, 0.6) is 0 Å². The number of benzene rings is 2. The lowest BCUT2D eigenvalue weighted by molar-refractivity contribution is 1.01. The van der Waals surface area contributed by atoms with Gasteiger partial charge in [0.1, 0.15) is 0 Å². The van der Waals surface area contributed by atoms with Crippen LogP contribution >= 0.6 is 15.9 Å².